The van der Waals surface area contributed by atoms with Crippen LogP contribution >= 0.6 is 0 Å². The van der Waals surface area contributed by atoms with E-state index in [4.69, 9.17) is 19.3 Å². The van der Waals surface area contributed by atoms with Gasteiger partial charge in [-0.3, -0.25) is 39.2 Å². The number of aldehydes is 1. The molecule has 21 heteroatoms. The average molecular weight is 781 g/mol. The van der Waals surface area contributed by atoms with Gasteiger partial charge in [0.25, 0.3) is 11.5 Å². The Morgan fingerprint density at radius 1 is 0.982 bits per heavy atom. The number of hydrogen-bond donors (Lipinski definition) is 5. The first-order valence-corrected chi connectivity index (χ1v) is 17.2. The molecule has 0 unspecified atom stereocenters. The van der Waals surface area contributed by atoms with E-state index < -0.39 is 48.0 Å². The number of H-pyrrole nitrogens is 1. The van der Waals surface area contributed by atoms with Crippen LogP contribution in [0.2, 0.25) is 0 Å². The molecule has 55 heavy (non-hydrogen) atoms. The number of carbonyl (C=O) groups is 5. The van der Waals surface area contributed by atoms with Crippen molar-refractivity contribution in [2.45, 2.75) is 51.9 Å². The first kappa shape index (κ1) is 44.0. The van der Waals surface area contributed by atoms with Gasteiger partial charge < -0.3 is 34.7 Å². The molecule has 2 heterocycles. The number of alkyl halides is 3. The Hall–Kier alpha value is -5.38. The highest BCUT2D eigenvalue weighted by Gasteiger charge is 2.43. The van der Waals surface area contributed by atoms with Gasteiger partial charge in [-0.1, -0.05) is 13.8 Å². The fourth-order valence-electron chi connectivity index (χ4n) is 4.55. The lowest BCUT2D eigenvalue weighted by Crippen LogP contribution is -2.41. The largest absolute Gasteiger partial charge is 0.471 e. The number of aromatic amines is 1. The van der Waals surface area contributed by atoms with Crippen LogP contribution in [-0.4, -0.2) is 120 Å². The van der Waals surface area contributed by atoms with Crippen molar-refractivity contribution in [2.75, 3.05) is 63.0 Å². The third-order valence-electron chi connectivity index (χ3n) is 7.41. The lowest BCUT2D eigenvalue weighted by atomic mass is 10.1. The summed E-state index contributed by atoms with van der Waals surface area (Å²) in [5.74, 6) is -4.44. The number of nitrogens with one attached hydrogen (secondary N) is 4. The summed E-state index contributed by atoms with van der Waals surface area (Å²) in [6, 6.07) is 3.41. The van der Waals surface area contributed by atoms with Crippen LogP contribution < -0.4 is 26.4 Å². The summed E-state index contributed by atoms with van der Waals surface area (Å²) in [5, 5.41) is 16.2. The maximum Gasteiger partial charge on any atom is 0.471 e. The summed E-state index contributed by atoms with van der Waals surface area (Å²) in [6.07, 6.45) is -3.42. The lowest BCUT2D eigenvalue weighted by molar-refractivity contribution is -0.170. The quantitative estimate of drug-likeness (QED) is 0.0668. The van der Waals surface area contributed by atoms with Gasteiger partial charge in [-0.15, -0.1) is 0 Å². The van der Waals surface area contributed by atoms with E-state index in [0.717, 1.165) is 30.5 Å². The Bertz CT molecular complexity index is 1810. The molecule has 0 radical (unpaired) electrons. The van der Waals surface area contributed by atoms with Crippen molar-refractivity contribution < 1.29 is 56.5 Å². The number of carbonyl (C=O) groups excluding carboxylic acids is 5. The van der Waals surface area contributed by atoms with Crippen molar-refractivity contribution in [2.24, 2.45) is 5.92 Å². The molecule has 3 aromatic rings. The number of anilines is 2. The van der Waals surface area contributed by atoms with Crippen LogP contribution in [-0.2, 0) is 39.9 Å². The van der Waals surface area contributed by atoms with Gasteiger partial charge in [-0.2, -0.15) is 18.2 Å². The lowest BCUT2D eigenvalue weighted by Gasteiger charge is -2.24. The zero-order valence-corrected chi connectivity index (χ0v) is 30.1. The molecule has 0 aliphatic carbocycles. The maximum absolute atomic E-state index is 13.7. The van der Waals surface area contributed by atoms with Gasteiger partial charge in [0, 0.05) is 36.7 Å². The molecule has 1 atom stereocenters. The minimum atomic E-state index is -5.31. The van der Waals surface area contributed by atoms with Crippen molar-refractivity contribution >= 4 is 52.7 Å². The van der Waals surface area contributed by atoms with Gasteiger partial charge in [-0.25, -0.2) is 9.97 Å². The monoisotopic (exact) mass is 780 g/mol. The fourth-order valence-corrected chi connectivity index (χ4v) is 4.55. The minimum absolute atomic E-state index is 0.0259. The van der Waals surface area contributed by atoms with Crippen molar-refractivity contribution in [3.05, 3.63) is 52.1 Å². The Labute approximate surface area is 312 Å². The van der Waals surface area contributed by atoms with Gasteiger partial charge in [0.05, 0.1) is 64.1 Å². The standard InChI is InChI=1S/C34H43F3N8O10/c1-21(2)29(49)43-33-42-28-27(31(51)44-33)40-24(18-39-28)19-45(32(52)34(35,36)37)25-7-4-22(5-8-25)30(50)41-23(20-47)6-9-26(48)38-10-3-12-53-14-16-55-17-15-54-13-11-46/h4-5,7-8,18,20-21,23,46H,3,6,9-17,19H2,1-2H3,(H,38,48)(H,41,50)(H2,39,42,43,44,49,51)/t23-/m0/s1. The van der Waals surface area contributed by atoms with E-state index in [-0.39, 0.29) is 66.0 Å². The molecular formula is C34H43F3N8O10. The zero-order valence-electron chi connectivity index (χ0n) is 30.1. The van der Waals surface area contributed by atoms with Crippen molar-refractivity contribution in [1.29, 1.82) is 0 Å². The van der Waals surface area contributed by atoms with E-state index in [1.807, 2.05) is 0 Å². The number of fused-ring (bicyclic) bond motifs is 1. The summed E-state index contributed by atoms with van der Waals surface area (Å²) in [5.41, 5.74) is -1.93. The number of rotatable bonds is 23. The summed E-state index contributed by atoms with van der Waals surface area (Å²) in [7, 11) is 0. The third-order valence-corrected chi connectivity index (χ3v) is 7.41. The molecule has 0 spiro atoms. The van der Waals surface area contributed by atoms with E-state index in [2.05, 4.69) is 35.9 Å². The fraction of sp³-hybridized carbons (Fsp3) is 0.500. The smallest absolute Gasteiger partial charge is 0.394 e. The number of nitrogens with zero attached hydrogens (tertiary/aromatic N) is 4. The Morgan fingerprint density at radius 2 is 1.64 bits per heavy atom. The van der Waals surface area contributed by atoms with Gasteiger partial charge in [0.2, 0.25) is 17.8 Å². The second-order valence-corrected chi connectivity index (χ2v) is 12.0. The predicted octanol–water partition coefficient (Wildman–Crippen LogP) is 1.03. The van der Waals surface area contributed by atoms with Gasteiger partial charge >= 0.3 is 12.1 Å². The molecule has 0 bridgehead atoms. The van der Waals surface area contributed by atoms with Crippen LogP contribution in [0, 0.1) is 5.92 Å². The third kappa shape index (κ3) is 14.8. The summed E-state index contributed by atoms with van der Waals surface area (Å²) in [4.78, 5) is 88.5. The number of aliphatic hydroxyl groups is 1. The molecule has 4 amide bonds. The SMILES string of the molecule is CC(C)C(=O)Nc1nc2ncc(CN(C(=O)C(F)(F)F)c3ccc(C(=O)N[C@H](C=O)CCC(=O)NCCCOCCOCCOCCO)cc3)nc2c(=O)[nH]1. The molecule has 0 saturated carbocycles. The van der Waals surface area contributed by atoms with Crippen molar-refractivity contribution in [3.63, 3.8) is 0 Å². The number of aliphatic hydroxyl groups excluding tert-OH is 1. The normalized spacial score (nSPS) is 12.0. The molecule has 300 valence electrons. The Morgan fingerprint density at radius 3 is 2.25 bits per heavy atom. The van der Waals surface area contributed by atoms with E-state index in [1.165, 1.54) is 0 Å². The van der Waals surface area contributed by atoms with Gasteiger partial charge in [0.1, 0.15) is 6.29 Å². The second-order valence-electron chi connectivity index (χ2n) is 12.0. The average Bonchev–Trinajstić information content (AvgIpc) is 3.15. The minimum Gasteiger partial charge on any atom is -0.394 e. The van der Waals surface area contributed by atoms with E-state index >= 15 is 0 Å². The molecule has 2 aromatic heterocycles. The topological polar surface area (TPSA) is 244 Å². The Kier molecular flexibility index (Phi) is 17.7. The summed E-state index contributed by atoms with van der Waals surface area (Å²) < 4.78 is 56.7. The van der Waals surface area contributed by atoms with Gasteiger partial charge in [-0.05, 0) is 37.1 Å². The van der Waals surface area contributed by atoms with Crippen molar-refractivity contribution in [1.82, 2.24) is 30.6 Å². The van der Waals surface area contributed by atoms with Gasteiger partial charge in [0.15, 0.2) is 11.2 Å². The molecule has 0 fully saturated rings. The number of amides is 4. The highest BCUT2D eigenvalue weighted by atomic mass is 19.4. The summed E-state index contributed by atoms with van der Waals surface area (Å²) in [6.45, 7) is 4.80. The van der Waals surface area contributed by atoms with Crippen molar-refractivity contribution in [3.8, 4) is 0 Å². The predicted molar refractivity (Wildman–Crippen MR) is 189 cm³/mol. The van der Waals surface area contributed by atoms with E-state index in [9.17, 15) is 41.9 Å². The number of halogens is 3. The zero-order chi connectivity index (χ0) is 40.4. The van der Waals surface area contributed by atoms with Crippen LogP contribution in [0.25, 0.3) is 11.2 Å². The van der Waals surface area contributed by atoms with Crippen LogP contribution in [0.1, 0.15) is 49.2 Å². The summed E-state index contributed by atoms with van der Waals surface area (Å²) >= 11 is 0. The van der Waals surface area contributed by atoms with E-state index in [1.54, 1.807) is 13.8 Å². The molecule has 1 aromatic carbocycles. The number of hydrogen-bond acceptors (Lipinski definition) is 13. The molecule has 0 aliphatic rings. The van der Waals surface area contributed by atoms with Crippen LogP contribution in [0.4, 0.5) is 24.8 Å². The molecule has 0 aliphatic heterocycles. The molecule has 5 N–H and O–H groups in total. The molecule has 0 saturated heterocycles. The second kappa shape index (κ2) is 22.1. The molecule has 18 nitrogen and oxygen atoms in total. The Balaban J connectivity index is 1.54. The van der Waals surface area contributed by atoms with Crippen LogP contribution in [0.5, 0.6) is 0 Å². The first-order chi connectivity index (χ1) is 26.2. The molecule has 3 rings (SSSR count). The number of aromatic nitrogens is 4. The highest BCUT2D eigenvalue weighted by molar-refractivity contribution is 5.99. The van der Waals surface area contributed by atoms with E-state index in [0.29, 0.717) is 57.2 Å². The first-order valence-electron chi connectivity index (χ1n) is 17.2. The van der Waals surface area contributed by atoms with Crippen LogP contribution in [0.15, 0.2) is 35.3 Å². The maximum atomic E-state index is 13.7. The number of ether oxygens (including phenoxy) is 3. The number of benzene rings is 1. The molecular weight excluding hydrogens is 737 g/mol. The highest BCUT2D eigenvalue weighted by Crippen LogP contribution is 2.26. The van der Waals surface area contributed by atoms with Crippen LogP contribution in [0.3, 0.4) is 0 Å².